The second-order valence-electron chi connectivity index (χ2n) is 25.2. The summed E-state index contributed by atoms with van der Waals surface area (Å²) in [6.07, 6.45) is 91.5. The molecule has 1 unspecified atom stereocenters. The third kappa shape index (κ3) is 70.0. The van der Waals surface area contributed by atoms with Crippen LogP contribution in [0.3, 0.4) is 0 Å². The average Bonchev–Trinajstić information content (AvgIpc) is 3.50. The lowest BCUT2D eigenvalue weighted by molar-refractivity contribution is -0.167. The van der Waals surface area contributed by atoms with E-state index >= 15 is 0 Å². The van der Waals surface area contributed by atoms with Crippen molar-refractivity contribution in [3.05, 3.63) is 48.6 Å². The molecule has 83 heavy (non-hydrogen) atoms. The van der Waals surface area contributed by atoms with Crippen LogP contribution >= 0.6 is 0 Å². The lowest BCUT2D eigenvalue weighted by Crippen LogP contribution is -2.30. The number of ether oxygens (including phenoxy) is 3. The standard InChI is InChI=1S/C77H142O6/c1-4-7-10-13-16-19-22-25-28-30-32-34-36-38-40-41-43-45-47-49-52-55-58-61-64-67-70-76(79)82-73-74(72-81-75(78)69-66-63-60-57-54-51-27-24-21-18-15-12-9-6-3)83-77(80)71-68-65-62-59-56-53-50-48-46-44-42-39-37-35-33-31-29-26-23-20-17-14-11-8-5-2/h15,18,23-24,26-27,31,33,74H,4-14,16-17,19-22,25,28-30,32,34-73H2,1-3H3/b18-15-,26-23-,27-24-,33-31-. The van der Waals surface area contributed by atoms with Crippen molar-refractivity contribution in [2.45, 2.75) is 412 Å². The Kier molecular flexibility index (Phi) is 69.6. The number of esters is 3. The summed E-state index contributed by atoms with van der Waals surface area (Å²) in [4.78, 5) is 38.5. The Morgan fingerprint density at radius 3 is 0.699 bits per heavy atom. The van der Waals surface area contributed by atoms with Crippen molar-refractivity contribution >= 4 is 17.9 Å². The Bertz CT molecular complexity index is 1430. The van der Waals surface area contributed by atoms with E-state index in [1.165, 1.54) is 283 Å². The van der Waals surface area contributed by atoms with Crippen molar-refractivity contribution in [3.8, 4) is 0 Å². The summed E-state index contributed by atoms with van der Waals surface area (Å²) in [7, 11) is 0. The van der Waals surface area contributed by atoms with Gasteiger partial charge in [-0.25, -0.2) is 0 Å². The Labute approximate surface area is 518 Å². The fourth-order valence-electron chi connectivity index (χ4n) is 11.2. The van der Waals surface area contributed by atoms with E-state index in [2.05, 4.69) is 69.4 Å². The summed E-state index contributed by atoms with van der Waals surface area (Å²) in [6, 6.07) is 0. The molecule has 0 aliphatic rings. The van der Waals surface area contributed by atoms with Crippen molar-refractivity contribution in [2.75, 3.05) is 13.2 Å². The van der Waals surface area contributed by atoms with E-state index in [9.17, 15) is 14.4 Å². The molecule has 0 fully saturated rings. The molecule has 0 radical (unpaired) electrons. The van der Waals surface area contributed by atoms with Crippen LogP contribution in [0, 0.1) is 0 Å². The van der Waals surface area contributed by atoms with Gasteiger partial charge in [0, 0.05) is 19.3 Å². The fourth-order valence-corrected chi connectivity index (χ4v) is 11.2. The fraction of sp³-hybridized carbons (Fsp3) is 0.857. The van der Waals surface area contributed by atoms with Crippen LogP contribution in [0.2, 0.25) is 0 Å². The van der Waals surface area contributed by atoms with Crippen LogP contribution in [0.1, 0.15) is 406 Å². The molecule has 0 aromatic rings. The molecule has 0 aromatic heterocycles. The SMILES string of the molecule is CCCC/C=C\C/C=C\CCCCCCCC(=O)OCC(COC(=O)CCCCCCCCCCCCCCCCCCCCCCCCCCCC)OC(=O)CCCCCCCCCCCCCCC/C=C\C/C=C\CCCCCCC. The zero-order valence-electron chi connectivity index (χ0n) is 56.0. The Morgan fingerprint density at radius 2 is 0.446 bits per heavy atom. The number of hydrogen-bond donors (Lipinski definition) is 0. The molecule has 0 bridgehead atoms. The first-order valence-electron chi connectivity index (χ1n) is 37.1. The van der Waals surface area contributed by atoms with Gasteiger partial charge in [0.05, 0.1) is 0 Å². The van der Waals surface area contributed by atoms with E-state index in [-0.39, 0.29) is 31.1 Å². The molecule has 0 spiro atoms. The van der Waals surface area contributed by atoms with E-state index in [1.54, 1.807) is 0 Å². The molecule has 1 atom stereocenters. The average molecular weight is 1160 g/mol. The van der Waals surface area contributed by atoms with Crippen LogP contribution < -0.4 is 0 Å². The lowest BCUT2D eigenvalue weighted by Gasteiger charge is -2.18. The first kappa shape index (κ1) is 80.4. The highest BCUT2D eigenvalue weighted by atomic mass is 16.6. The van der Waals surface area contributed by atoms with Crippen molar-refractivity contribution in [3.63, 3.8) is 0 Å². The molecule has 0 rings (SSSR count). The van der Waals surface area contributed by atoms with Gasteiger partial charge in [0.15, 0.2) is 6.10 Å². The minimum atomic E-state index is -0.779. The van der Waals surface area contributed by atoms with E-state index in [1.807, 2.05) is 0 Å². The molecule has 0 saturated carbocycles. The van der Waals surface area contributed by atoms with Crippen LogP contribution in [0.25, 0.3) is 0 Å². The van der Waals surface area contributed by atoms with Crippen molar-refractivity contribution in [1.29, 1.82) is 0 Å². The van der Waals surface area contributed by atoms with Gasteiger partial charge in [-0.3, -0.25) is 14.4 Å². The van der Waals surface area contributed by atoms with Crippen molar-refractivity contribution < 1.29 is 28.6 Å². The Balaban J connectivity index is 4.23. The molecular formula is C77H142O6. The minimum Gasteiger partial charge on any atom is -0.462 e. The first-order chi connectivity index (χ1) is 41.0. The molecule has 0 heterocycles. The highest BCUT2D eigenvalue weighted by Crippen LogP contribution is 2.19. The normalized spacial score (nSPS) is 12.3. The summed E-state index contributed by atoms with van der Waals surface area (Å²) in [5.41, 5.74) is 0. The number of hydrogen-bond acceptors (Lipinski definition) is 6. The molecule has 0 amide bonds. The number of rotatable bonds is 69. The summed E-state index contributed by atoms with van der Waals surface area (Å²) in [6.45, 7) is 6.65. The maximum atomic E-state index is 13.0. The van der Waals surface area contributed by atoms with E-state index in [0.29, 0.717) is 19.3 Å². The number of allylic oxidation sites excluding steroid dienone is 8. The predicted octanol–water partition coefficient (Wildman–Crippen LogP) is 25.7. The third-order valence-corrected chi connectivity index (χ3v) is 16.8. The first-order valence-corrected chi connectivity index (χ1v) is 37.1. The van der Waals surface area contributed by atoms with E-state index in [4.69, 9.17) is 14.2 Å². The van der Waals surface area contributed by atoms with Gasteiger partial charge in [0.25, 0.3) is 0 Å². The van der Waals surface area contributed by atoms with Crippen molar-refractivity contribution in [1.82, 2.24) is 0 Å². The summed E-state index contributed by atoms with van der Waals surface area (Å²) in [5, 5.41) is 0. The molecule has 0 aliphatic carbocycles. The van der Waals surface area contributed by atoms with Crippen LogP contribution in [0.5, 0.6) is 0 Å². The number of carbonyl (C=O) groups excluding carboxylic acids is 3. The highest BCUT2D eigenvalue weighted by molar-refractivity contribution is 5.71. The zero-order valence-corrected chi connectivity index (χ0v) is 56.0. The predicted molar refractivity (Wildman–Crippen MR) is 362 cm³/mol. The molecule has 0 aromatic carbocycles. The molecule has 6 nitrogen and oxygen atoms in total. The highest BCUT2D eigenvalue weighted by Gasteiger charge is 2.19. The monoisotopic (exact) mass is 1160 g/mol. The lowest BCUT2D eigenvalue weighted by atomic mass is 10.0. The molecule has 486 valence electrons. The van der Waals surface area contributed by atoms with Gasteiger partial charge >= 0.3 is 17.9 Å². The molecular weight excluding hydrogens is 1020 g/mol. The maximum Gasteiger partial charge on any atom is 0.306 e. The summed E-state index contributed by atoms with van der Waals surface area (Å²) < 4.78 is 17.0. The Morgan fingerprint density at radius 1 is 0.241 bits per heavy atom. The van der Waals surface area contributed by atoms with E-state index in [0.717, 1.165) is 83.5 Å². The maximum absolute atomic E-state index is 13.0. The van der Waals surface area contributed by atoms with Gasteiger partial charge in [0.2, 0.25) is 0 Å². The van der Waals surface area contributed by atoms with Crippen LogP contribution in [-0.4, -0.2) is 37.2 Å². The molecule has 0 N–H and O–H groups in total. The van der Waals surface area contributed by atoms with Gasteiger partial charge in [-0.1, -0.05) is 358 Å². The van der Waals surface area contributed by atoms with Gasteiger partial charge in [-0.2, -0.15) is 0 Å². The summed E-state index contributed by atoms with van der Waals surface area (Å²) >= 11 is 0. The number of carbonyl (C=O) groups is 3. The number of unbranched alkanes of at least 4 members (excludes halogenated alkanes) is 50. The molecule has 6 heteroatoms. The van der Waals surface area contributed by atoms with E-state index < -0.39 is 6.10 Å². The minimum absolute atomic E-state index is 0.0732. The zero-order chi connectivity index (χ0) is 59.9. The van der Waals surface area contributed by atoms with Gasteiger partial charge < -0.3 is 14.2 Å². The van der Waals surface area contributed by atoms with Gasteiger partial charge in [-0.15, -0.1) is 0 Å². The van der Waals surface area contributed by atoms with Crippen LogP contribution in [0.15, 0.2) is 48.6 Å². The second-order valence-corrected chi connectivity index (χ2v) is 25.2. The molecule has 0 saturated heterocycles. The second kappa shape index (κ2) is 71.8. The smallest absolute Gasteiger partial charge is 0.306 e. The quantitative estimate of drug-likeness (QED) is 0.0261. The van der Waals surface area contributed by atoms with Crippen molar-refractivity contribution in [2.24, 2.45) is 0 Å². The topological polar surface area (TPSA) is 78.9 Å². The Hall–Kier alpha value is -2.63. The largest absolute Gasteiger partial charge is 0.462 e. The van der Waals surface area contributed by atoms with Gasteiger partial charge in [0.1, 0.15) is 13.2 Å². The van der Waals surface area contributed by atoms with Crippen LogP contribution in [0.4, 0.5) is 0 Å². The van der Waals surface area contributed by atoms with Gasteiger partial charge in [-0.05, 0) is 77.0 Å². The third-order valence-electron chi connectivity index (χ3n) is 16.8. The summed E-state index contributed by atoms with van der Waals surface area (Å²) in [5.74, 6) is -0.860. The molecule has 0 aliphatic heterocycles. The van der Waals surface area contributed by atoms with Crippen LogP contribution in [-0.2, 0) is 28.6 Å².